The van der Waals surface area contributed by atoms with E-state index in [1.165, 1.54) is 36.4 Å². The van der Waals surface area contributed by atoms with Crippen LogP contribution in [0.5, 0.6) is 5.75 Å². The van der Waals surface area contributed by atoms with Crippen molar-refractivity contribution in [2.24, 2.45) is 0 Å². The van der Waals surface area contributed by atoms with Crippen LogP contribution >= 0.6 is 0 Å². The molecule has 6 heteroatoms. The molecule has 1 aromatic carbocycles. The maximum Gasteiger partial charge on any atom is 0.338 e. The summed E-state index contributed by atoms with van der Waals surface area (Å²) in [4.78, 5) is 21.6. The van der Waals surface area contributed by atoms with E-state index in [4.69, 9.17) is 9.84 Å². The molecule has 0 saturated heterocycles. The molecule has 6 nitrogen and oxygen atoms in total. The Morgan fingerprint density at radius 2 is 1.97 bits per heavy atom. The van der Waals surface area contributed by atoms with E-state index in [0.717, 1.165) is 37.1 Å². The molecule has 1 N–H and O–H groups in total. The number of benzene rings is 1. The van der Waals surface area contributed by atoms with Crippen molar-refractivity contribution in [2.75, 3.05) is 18.6 Å². The third-order valence-electron chi connectivity index (χ3n) is 6.77. The maximum absolute atomic E-state index is 11.2. The van der Waals surface area contributed by atoms with Gasteiger partial charge in [0.15, 0.2) is 0 Å². The predicted molar refractivity (Wildman–Crippen MR) is 124 cm³/mol. The summed E-state index contributed by atoms with van der Waals surface area (Å²) < 4.78 is 6.29. The SMILES string of the molecule is CCCCCOc1cc2c(cc1N(C)c1ncc(C(=O)O)cn1)C(C)CCC2(C)CC. The molecule has 1 aliphatic rings. The summed E-state index contributed by atoms with van der Waals surface area (Å²) in [5.41, 5.74) is 3.90. The van der Waals surface area contributed by atoms with E-state index in [-0.39, 0.29) is 11.0 Å². The first-order valence-corrected chi connectivity index (χ1v) is 11.4. The van der Waals surface area contributed by atoms with Gasteiger partial charge < -0.3 is 14.7 Å². The molecule has 1 heterocycles. The van der Waals surface area contributed by atoms with Gasteiger partial charge in [-0.1, -0.05) is 40.5 Å². The lowest BCUT2D eigenvalue weighted by atomic mass is 9.66. The molecule has 0 spiro atoms. The van der Waals surface area contributed by atoms with Crippen LogP contribution in [0.1, 0.15) is 93.6 Å². The van der Waals surface area contributed by atoms with E-state index < -0.39 is 5.97 Å². The molecule has 2 unspecified atom stereocenters. The third kappa shape index (κ3) is 4.83. The summed E-state index contributed by atoms with van der Waals surface area (Å²) in [5.74, 6) is 0.740. The highest BCUT2D eigenvalue weighted by Gasteiger charge is 2.35. The van der Waals surface area contributed by atoms with E-state index in [0.29, 0.717) is 18.5 Å². The summed E-state index contributed by atoms with van der Waals surface area (Å²) in [7, 11) is 1.91. The number of fused-ring (bicyclic) bond motifs is 1. The highest BCUT2D eigenvalue weighted by Crippen LogP contribution is 2.48. The van der Waals surface area contributed by atoms with Gasteiger partial charge in [0.25, 0.3) is 0 Å². The molecule has 2 atom stereocenters. The molecule has 0 bridgehead atoms. The van der Waals surface area contributed by atoms with Crippen LogP contribution in [0.25, 0.3) is 0 Å². The summed E-state index contributed by atoms with van der Waals surface area (Å²) in [5, 5.41) is 9.14. The molecule has 0 amide bonds. The van der Waals surface area contributed by atoms with Gasteiger partial charge >= 0.3 is 5.97 Å². The number of hydrogen-bond donors (Lipinski definition) is 1. The highest BCUT2D eigenvalue weighted by molar-refractivity contribution is 5.86. The number of hydrogen-bond acceptors (Lipinski definition) is 5. The van der Waals surface area contributed by atoms with Crippen LogP contribution in [0.4, 0.5) is 11.6 Å². The Hall–Kier alpha value is -2.63. The first-order valence-electron chi connectivity index (χ1n) is 11.4. The number of carbonyl (C=O) groups is 1. The van der Waals surface area contributed by atoms with Crippen LogP contribution in [-0.2, 0) is 5.41 Å². The molecule has 0 saturated carbocycles. The first kappa shape index (κ1) is 23.0. The minimum absolute atomic E-state index is 0.0750. The van der Waals surface area contributed by atoms with E-state index in [1.807, 2.05) is 11.9 Å². The van der Waals surface area contributed by atoms with E-state index in [2.05, 4.69) is 49.8 Å². The summed E-state index contributed by atoms with van der Waals surface area (Å²) in [6, 6.07) is 4.47. The fourth-order valence-electron chi connectivity index (χ4n) is 4.33. The van der Waals surface area contributed by atoms with Crippen LogP contribution in [0, 0.1) is 0 Å². The van der Waals surface area contributed by atoms with Gasteiger partial charge in [-0.2, -0.15) is 0 Å². The summed E-state index contributed by atoms with van der Waals surface area (Å²) >= 11 is 0. The zero-order valence-electron chi connectivity index (χ0n) is 19.4. The third-order valence-corrected chi connectivity index (χ3v) is 6.77. The zero-order valence-corrected chi connectivity index (χ0v) is 19.4. The van der Waals surface area contributed by atoms with Crippen molar-refractivity contribution in [3.8, 4) is 5.75 Å². The van der Waals surface area contributed by atoms with Crippen LogP contribution in [0.3, 0.4) is 0 Å². The Morgan fingerprint density at radius 3 is 2.58 bits per heavy atom. The lowest BCUT2D eigenvalue weighted by Crippen LogP contribution is -2.29. The number of unbranched alkanes of at least 4 members (excludes halogenated alkanes) is 2. The Kier molecular flexibility index (Phi) is 7.19. The Balaban J connectivity index is 2.04. The normalized spacial score (nSPS) is 20.2. The van der Waals surface area contributed by atoms with Gasteiger partial charge in [0.05, 0.1) is 17.9 Å². The smallest absolute Gasteiger partial charge is 0.338 e. The second-order valence-electron chi connectivity index (χ2n) is 8.95. The van der Waals surface area contributed by atoms with Crippen LogP contribution in [0.15, 0.2) is 24.5 Å². The quantitative estimate of drug-likeness (QED) is 0.491. The molecular formula is C25H35N3O3. The number of anilines is 2. The maximum atomic E-state index is 11.2. The van der Waals surface area contributed by atoms with Crippen LogP contribution in [0.2, 0.25) is 0 Å². The molecule has 1 aliphatic carbocycles. The lowest BCUT2D eigenvalue weighted by Gasteiger charge is -2.39. The number of aromatic nitrogens is 2. The fourth-order valence-corrected chi connectivity index (χ4v) is 4.33. The van der Waals surface area contributed by atoms with Gasteiger partial charge in [-0.15, -0.1) is 0 Å². The van der Waals surface area contributed by atoms with Crippen LogP contribution in [-0.4, -0.2) is 34.7 Å². The van der Waals surface area contributed by atoms with Crippen molar-refractivity contribution in [3.05, 3.63) is 41.2 Å². The van der Waals surface area contributed by atoms with Gasteiger partial charge in [-0.05, 0) is 60.3 Å². The number of aromatic carboxylic acids is 1. The fraction of sp³-hybridized carbons (Fsp3) is 0.560. The monoisotopic (exact) mass is 425 g/mol. The van der Waals surface area contributed by atoms with Gasteiger partial charge in [0.1, 0.15) is 5.75 Å². The van der Waals surface area contributed by atoms with E-state index >= 15 is 0 Å². The number of carboxylic acids is 1. The van der Waals surface area contributed by atoms with Crippen molar-refractivity contribution in [2.45, 2.75) is 77.6 Å². The zero-order chi connectivity index (χ0) is 22.6. The van der Waals surface area contributed by atoms with E-state index in [1.54, 1.807) is 0 Å². The van der Waals surface area contributed by atoms with Crippen molar-refractivity contribution in [3.63, 3.8) is 0 Å². The molecule has 0 radical (unpaired) electrons. The predicted octanol–water partition coefficient (Wildman–Crippen LogP) is 6.08. The lowest BCUT2D eigenvalue weighted by molar-refractivity contribution is 0.0696. The topological polar surface area (TPSA) is 75.5 Å². The van der Waals surface area contributed by atoms with Crippen molar-refractivity contribution >= 4 is 17.6 Å². The molecule has 1 aromatic heterocycles. The largest absolute Gasteiger partial charge is 0.491 e. The Morgan fingerprint density at radius 1 is 1.26 bits per heavy atom. The summed E-state index contributed by atoms with van der Waals surface area (Å²) in [6.07, 6.45) is 9.44. The van der Waals surface area contributed by atoms with Gasteiger partial charge in [-0.3, -0.25) is 0 Å². The molecule has 0 fully saturated rings. The number of carboxylic acid groups (broad SMARTS) is 1. The minimum atomic E-state index is -1.03. The Labute approximate surface area is 185 Å². The summed E-state index contributed by atoms with van der Waals surface area (Å²) in [6.45, 7) is 9.77. The first-order chi connectivity index (χ1) is 14.8. The second-order valence-corrected chi connectivity index (χ2v) is 8.95. The van der Waals surface area contributed by atoms with E-state index in [9.17, 15) is 4.79 Å². The molecule has 2 aromatic rings. The number of nitrogens with zero attached hydrogens (tertiary/aromatic N) is 3. The van der Waals surface area contributed by atoms with Gasteiger partial charge in [0, 0.05) is 19.4 Å². The standard InChI is InChI=1S/C25H35N3O3/c1-6-8-9-12-31-22-14-20-19(17(3)10-11-25(20,4)7-2)13-21(22)28(5)24-26-15-18(16-27-24)23(29)30/h13-17H,6-12H2,1-5H3,(H,29,30). The second kappa shape index (κ2) is 9.67. The van der Waals surface area contributed by atoms with Gasteiger partial charge in [-0.25, -0.2) is 14.8 Å². The molecule has 0 aliphatic heterocycles. The molecule has 31 heavy (non-hydrogen) atoms. The Bertz CT molecular complexity index is 913. The van der Waals surface area contributed by atoms with Crippen molar-refractivity contribution in [1.82, 2.24) is 9.97 Å². The minimum Gasteiger partial charge on any atom is -0.491 e. The highest BCUT2D eigenvalue weighted by atomic mass is 16.5. The average molecular weight is 426 g/mol. The number of ether oxygens (including phenoxy) is 1. The van der Waals surface area contributed by atoms with Crippen molar-refractivity contribution in [1.29, 1.82) is 0 Å². The molecular weight excluding hydrogens is 390 g/mol. The molecule has 168 valence electrons. The van der Waals surface area contributed by atoms with Crippen molar-refractivity contribution < 1.29 is 14.6 Å². The number of rotatable bonds is 9. The molecule has 3 rings (SSSR count). The average Bonchev–Trinajstić information content (AvgIpc) is 2.78. The van der Waals surface area contributed by atoms with Crippen LogP contribution < -0.4 is 9.64 Å². The van der Waals surface area contributed by atoms with Gasteiger partial charge in [0.2, 0.25) is 5.95 Å².